The summed E-state index contributed by atoms with van der Waals surface area (Å²) in [5, 5.41) is 0. The molecule has 0 spiro atoms. The van der Waals surface area contributed by atoms with Crippen molar-refractivity contribution in [3.8, 4) is 0 Å². The van der Waals surface area contributed by atoms with Crippen LogP contribution in [-0.2, 0) is 25.6 Å². The van der Waals surface area contributed by atoms with E-state index in [-0.39, 0.29) is 12.1 Å². The Kier molecular flexibility index (Phi) is 19.9. The molecule has 0 aliphatic rings. The first-order chi connectivity index (χ1) is 16.7. The lowest BCUT2D eigenvalue weighted by Gasteiger charge is -2.22. The number of rotatable bonds is 23. The van der Waals surface area contributed by atoms with Crippen LogP contribution in [-0.4, -0.2) is 31.9 Å². The summed E-state index contributed by atoms with van der Waals surface area (Å²) in [6.07, 6.45) is 20.6. The molecule has 1 rings (SSSR count). The van der Waals surface area contributed by atoms with Crippen LogP contribution in [0.3, 0.4) is 0 Å². The van der Waals surface area contributed by atoms with E-state index in [2.05, 4.69) is 6.92 Å². The lowest BCUT2D eigenvalue weighted by atomic mass is 10.0. The number of unbranched alkanes of at least 4 members (excludes halogenated alkanes) is 15. The van der Waals surface area contributed by atoms with Crippen LogP contribution in [0.1, 0.15) is 122 Å². The second-order valence-electron chi connectivity index (χ2n) is 9.62. The van der Waals surface area contributed by atoms with E-state index >= 15 is 0 Å². The predicted molar refractivity (Wildman–Crippen MR) is 142 cm³/mol. The minimum atomic E-state index is -0.703. The van der Waals surface area contributed by atoms with Gasteiger partial charge in [-0.2, -0.15) is 0 Å². The van der Waals surface area contributed by atoms with Gasteiger partial charge in [0.15, 0.2) is 6.10 Å². The number of carbonyl (C=O) groups excluding carboxylic acids is 1. The van der Waals surface area contributed by atoms with Crippen LogP contribution in [0.2, 0.25) is 0 Å². The van der Waals surface area contributed by atoms with E-state index in [0.29, 0.717) is 13.2 Å². The largest absolute Gasteiger partial charge is 0.467 e. The van der Waals surface area contributed by atoms with Gasteiger partial charge in [-0.1, -0.05) is 134 Å². The topological polar surface area (TPSA) is 44.8 Å². The van der Waals surface area contributed by atoms with E-state index in [1.807, 2.05) is 37.3 Å². The van der Waals surface area contributed by atoms with E-state index in [1.165, 1.54) is 103 Å². The number of hydrogen-bond donors (Lipinski definition) is 0. The molecule has 34 heavy (non-hydrogen) atoms. The monoisotopic (exact) mass is 476 g/mol. The standard InChI is InChI=1S/C30H52O4/c1-4-5-6-7-8-9-10-11-12-13-14-15-16-17-18-22-25-33-27(2)29(30(31)32-3)34-26-28-23-20-19-21-24-28/h19-21,23-24,27,29H,4-18,22,25-26H2,1-3H3/t27-,29+/m0/s1. The van der Waals surface area contributed by atoms with Crippen LogP contribution in [0.5, 0.6) is 0 Å². The summed E-state index contributed by atoms with van der Waals surface area (Å²) >= 11 is 0. The molecule has 0 fully saturated rings. The molecule has 0 aliphatic carbocycles. The van der Waals surface area contributed by atoms with Crippen LogP contribution in [0, 0.1) is 0 Å². The van der Waals surface area contributed by atoms with Gasteiger partial charge < -0.3 is 14.2 Å². The van der Waals surface area contributed by atoms with Crippen LogP contribution in [0.25, 0.3) is 0 Å². The van der Waals surface area contributed by atoms with Crippen molar-refractivity contribution in [2.45, 2.75) is 135 Å². The predicted octanol–water partition coefficient (Wildman–Crippen LogP) is 8.41. The van der Waals surface area contributed by atoms with Gasteiger partial charge in [0.05, 0.1) is 19.8 Å². The third-order valence-corrected chi connectivity index (χ3v) is 6.51. The lowest BCUT2D eigenvalue weighted by Crippen LogP contribution is -2.37. The number of hydrogen-bond acceptors (Lipinski definition) is 4. The maximum absolute atomic E-state index is 12.1. The van der Waals surface area contributed by atoms with Crippen LogP contribution in [0.4, 0.5) is 0 Å². The van der Waals surface area contributed by atoms with Crippen molar-refractivity contribution < 1.29 is 19.0 Å². The number of esters is 1. The molecule has 0 aromatic heterocycles. The Balaban J connectivity index is 1.97. The van der Waals surface area contributed by atoms with E-state index in [4.69, 9.17) is 14.2 Å². The highest BCUT2D eigenvalue weighted by Gasteiger charge is 2.27. The van der Waals surface area contributed by atoms with Crippen molar-refractivity contribution in [3.05, 3.63) is 35.9 Å². The third-order valence-electron chi connectivity index (χ3n) is 6.51. The Morgan fingerprint density at radius 1 is 0.706 bits per heavy atom. The molecule has 1 aromatic rings. The molecular weight excluding hydrogens is 424 g/mol. The second kappa shape index (κ2) is 22.1. The van der Waals surface area contributed by atoms with Crippen molar-refractivity contribution in [1.82, 2.24) is 0 Å². The van der Waals surface area contributed by atoms with Crippen LogP contribution >= 0.6 is 0 Å². The second-order valence-corrected chi connectivity index (χ2v) is 9.62. The van der Waals surface area contributed by atoms with Crippen molar-refractivity contribution >= 4 is 5.97 Å². The SMILES string of the molecule is CCCCCCCCCCCCCCCCCCO[C@@H](C)[C@@H](OCc1ccccc1)C(=O)OC. The Hall–Kier alpha value is -1.39. The Morgan fingerprint density at radius 2 is 1.18 bits per heavy atom. The van der Waals surface area contributed by atoms with Gasteiger partial charge in [0.1, 0.15) is 0 Å². The Bertz CT molecular complexity index is 574. The first kappa shape index (κ1) is 30.6. The summed E-state index contributed by atoms with van der Waals surface area (Å²) in [5.74, 6) is -0.379. The van der Waals surface area contributed by atoms with E-state index in [9.17, 15) is 4.79 Å². The summed E-state index contributed by atoms with van der Waals surface area (Å²) in [7, 11) is 1.39. The molecule has 4 heteroatoms. The number of methoxy groups -OCH3 is 1. The maximum Gasteiger partial charge on any atom is 0.337 e. The van der Waals surface area contributed by atoms with Crippen LogP contribution in [0.15, 0.2) is 30.3 Å². The average molecular weight is 477 g/mol. The Labute approximate surface area is 210 Å². The van der Waals surface area contributed by atoms with Gasteiger partial charge in [-0.25, -0.2) is 4.79 Å². The molecule has 0 saturated carbocycles. The van der Waals surface area contributed by atoms with Gasteiger partial charge in [-0.15, -0.1) is 0 Å². The first-order valence-electron chi connectivity index (χ1n) is 14.0. The number of ether oxygens (including phenoxy) is 3. The Morgan fingerprint density at radius 3 is 1.65 bits per heavy atom. The highest BCUT2D eigenvalue weighted by Crippen LogP contribution is 2.15. The fourth-order valence-electron chi connectivity index (χ4n) is 4.28. The van der Waals surface area contributed by atoms with Crippen molar-refractivity contribution in [2.75, 3.05) is 13.7 Å². The van der Waals surface area contributed by atoms with Crippen molar-refractivity contribution in [2.24, 2.45) is 0 Å². The average Bonchev–Trinajstić information content (AvgIpc) is 2.86. The molecule has 4 nitrogen and oxygen atoms in total. The van der Waals surface area contributed by atoms with Crippen LogP contribution < -0.4 is 0 Å². The van der Waals surface area contributed by atoms with Gasteiger partial charge >= 0.3 is 5.97 Å². The maximum atomic E-state index is 12.1. The summed E-state index contributed by atoms with van der Waals surface area (Å²) in [5.41, 5.74) is 1.03. The molecular formula is C30H52O4. The lowest BCUT2D eigenvalue weighted by molar-refractivity contribution is -0.166. The highest BCUT2D eigenvalue weighted by molar-refractivity contribution is 5.75. The molecule has 0 bridgehead atoms. The fraction of sp³-hybridized carbons (Fsp3) is 0.767. The molecule has 0 radical (unpaired) electrons. The zero-order chi connectivity index (χ0) is 24.7. The minimum Gasteiger partial charge on any atom is -0.467 e. The molecule has 1 aromatic carbocycles. The van der Waals surface area contributed by atoms with Gasteiger partial charge in [0.25, 0.3) is 0 Å². The summed E-state index contributed by atoms with van der Waals surface area (Å²) < 4.78 is 16.7. The zero-order valence-corrected chi connectivity index (χ0v) is 22.4. The van der Waals surface area contributed by atoms with Crippen molar-refractivity contribution in [3.63, 3.8) is 0 Å². The highest BCUT2D eigenvalue weighted by atomic mass is 16.6. The number of benzene rings is 1. The zero-order valence-electron chi connectivity index (χ0n) is 22.4. The summed E-state index contributed by atoms with van der Waals surface area (Å²) in [4.78, 5) is 12.1. The smallest absolute Gasteiger partial charge is 0.337 e. The first-order valence-corrected chi connectivity index (χ1v) is 14.0. The van der Waals surface area contributed by atoms with Gasteiger partial charge in [0.2, 0.25) is 0 Å². The summed E-state index contributed by atoms with van der Waals surface area (Å²) in [6.45, 7) is 5.19. The molecule has 0 aliphatic heterocycles. The van der Waals surface area contributed by atoms with E-state index in [1.54, 1.807) is 0 Å². The molecule has 2 atom stereocenters. The minimum absolute atomic E-state index is 0.326. The van der Waals surface area contributed by atoms with Gasteiger partial charge in [0, 0.05) is 6.61 Å². The summed E-state index contributed by atoms with van der Waals surface area (Å²) in [6, 6.07) is 9.85. The molecule has 0 N–H and O–H groups in total. The van der Waals surface area contributed by atoms with Crippen molar-refractivity contribution in [1.29, 1.82) is 0 Å². The molecule has 0 unspecified atom stereocenters. The normalized spacial score (nSPS) is 13.0. The van der Waals surface area contributed by atoms with E-state index in [0.717, 1.165) is 12.0 Å². The quantitative estimate of drug-likeness (QED) is 0.117. The van der Waals surface area contributed by atoms with Gasteiger partial charge in [-0.05, 0) is 18.9 Å². The number of carbonyl (C=O) groups is 1. The third kappa shape index (κ3) is 16.3. The van der Waals surface area contributed by atoms with E-state index < -0.39 is 6.10 Å². The van der Waals surface area contributed by atoms with Gasteiger partial charge in [-0.3, -0.25) is 0 Å². The molecule has 0 heterocycles. The fourth-order valence-corrected chi connectivity index (χ4v) is 4.28. The molecule has 0 amide bonds. The molecule has 196 valence electrons. The molecule has 0 saturated heterocycles.